The van der Waals surface area contributed by atoms with Gasteiger partial charge in [-0.25, -0.2) is 4.72 Å². The zero-order chi connectivity index (χ0) is 32.9. The number of aromatic nitrogens is 4. The molecule has 0 radical (unpaired) electrons. The maximum absolute atomic E-state index is 13.3. The van der Waals surface area contributed by atoms with E-state index in [4.69, 9.17) is 4.74 Å². The number of rotatable bonds is 7. The van der Waals surface area contributed by atoms with Crippen LogP contribution in [0.1, 0.15) is 82.0 Å². The van der Waals surface area contributed by atoms with Gasteiger partial charge in [0.2, 0.25) is 5.82 Å². The molecular formula is C33H41N7O5S. The summed E-state index contributed by atoms with van der Waals surface area (Å²) in [7, 11) is 3.81. The number of methoxy groups -OCH3 is 1. The molecule has 1 fully saturated rings. The van der Waals surface area contributed by atoms with Crippen LogP contribution in [0.3, 0.4) is 0 Å². The third kappa shape index (κ3) is 5.55. The number of hydrogen-bond acceptors (Lipinski definition) is 7. The first kappa shape index (κ1) is 31.7. The van der Waals surface area contributed by atoms with E-state index in [2.05, 4.69) is 31.6 Å². The first-order valence-corrected chi connectivity index (χ1v) is 17.1. The van der Waals surface area contributed by atoms with Gasteiger partial charge in [-0.15, -0.1) is 10.2 Å². The summed E-state index contributed by atoms with van der Waals surface area (Å²) in [4.78, 5) is 28.1. The minimum Gasteiger partial charge on any atom is -0.497 e. The van der Waals surface area contributed by atoms with Crippen molar-refractivity contribution in [2.45, 2.75) is 64.0 Å². The minimum absolute atomic E-state index is 0.239. The first-order chi connectivity index (χ1) is 21.9. The van der Waals surface area contributed by atoms with E-state index in [9.17, 15) is 18.0 Å². The number of benzene rings is 2. The van der Waals surface area contributed by atoms with Crippen molar-refractivity contribution in [2.24, 2.45) is 0 Å². The molecule has 4 aromatic rings. The fourth-order valence-corrected chi connectivity index (χ4v) is 7.56. The van der Waals surface area contributed by atoms with Crippen LogP contribution in [0.2, 0.25) is 0 Å². The molecule has 1 atom stereocenters. The van der Waals surface area contributed by atoms with Gasteiger partial charge >= 0.3 is 10.2 Å². The second-order valence-corrected chi connectivity index (χ2v) is 14.6. The largest absolute Gasteiger partial charge is 0.497 e. The molecule has 1 unspecified atom stereocenters. The summed E-state index contributed by atoms with van der Waals surface area (Å²) >= 11 is 0. The van der Waals surface area contributed by atoms with Crippen LogP contribution in [0.5, 0.6) is 5.75 Å². The topological polar surface area (TPSA) is 132 Å². The van der Waals surface area contributed by atoms with Crippen LogP contribution in [-0.2, 0) is 23.2 Å². The molecule has 1 aliphatic carbocycles. The van der Waals surface area contributed by atoms with Crippen molar-refractivity contribution < 1.29 is 22.7 Å². The molecule has 2 amide bonds. The molecule has 13 heteroatoms. The van der Waals surface area contributed by atoms with Gasteiger partial charge in [0, 0.05) is 56.8 Å². The third-order valence-corrected chi connectivity index (χ3v) is 10.7. The van der Waals surface area contributed by atoms with Gasteiger partial charge in [-0.05, 0) is 73.6 Å². The van der Waals surface area contributed by atoms with Crippen molar-refractivity contribution in [3.63, 3.8) is 0 Å². The molecule has 2 aromatic carbocycles. The van der Waals surface area contributed by atoms with Crippen LogP contribution in [0, 0.1) is 6.92 Å². The smallest absolute Gasteiger partial charge is 0.303 e. The van der Waals surface area contributed by atoms with Crippen molar-refractivity contribution >= 4 is 32.9 Å². The number of carbonyl (C=O) groups is 2. The number of aryl methyl sites for hydroxylation is 1. The number of fused-ring (bicyclic) bond motifs is 5. The third-order valence-electron chi connectivity index (χ3n) is 9.33. The lowest BCUT2D eigenvalue weighted by molar-refractivity contribution is 0.0806. The van der Waals surface area contributed by atoms with Crippen molar-refractivity contribution in [2.75, 3.05) is 35.3 Å². The lowest BCUT2D eigenvalue weighted by atomic mass is 9.81. The van der Waals surface area contributed by atoms with Crippen molar-refractivity contribution in [3.05, 3.63) is 64.7 Å². The molecule has 1 N–H and O–H groups in total. The monoisotopic (exact) mass is 647 g/mol. The van der Waals surface area contributed by atoms with Crippen LogP contribution in [0.4, 0.5) is 0 Å². The van der Waals surface area contributed by atoms with Gasteiger partial charge in [0.25, 0.3) is 11.8 Å². The first-order valence-electron chi connectivity index (χ1n) is 15.6. The molecule has 3 heterocycles. The molecule has 2 aliphatic rings. The molecule has 0 saturated heterocycles. The summed E-state index contributed by atoms with van der Waals surface area (Å²) in [6.45, 7) is 2.33. The molecule has 12 nitrogen and oxygen atoms in total. The zero-order valence-electron chi connectivity index (χ0n) is 27.2. The molecule has 1 aliphatic heterocycles. The number of nitrogens with zero attached hydrogens (tertiary/aromatic N) is 6. The summed E-state index contributed by atoms with van der Waals surface area (Å²) in [5.41, 5.74) is 5.58. The normalized spacial score (nSPS) is 17.0. The number of ether oxygens (including phenoxy) is 1. The van der Waals surface area contributed by atoms with Crippen molar-refractivity contribution in [3.8, 4) is 17.0 Å². The van der Waals surface area contributed by atoms with Gasteiger partial charge in [0.1, 0.15) is 11.6 Å². The Morgan fingerprint density at radius 2 is 1.74 bits per heavy atom. The highest BCUT2D eigenvalue weighted by Gasteiger charge is 2.34. The number of nitrogens with one attached hydrogen (secondary N) is 1. The Morgan fingerprint density at radius 3 is 2.41 bits per heavy atom. The molecule has 6 rings (SSSR count). The fraction of sp³-hybridized carbons (Fsp3) is 0.455. The Morgan fingerprint density at radius 1 is 1.00 bits per heavy atom. The van der Waals surface area contributed by atoms with Gasteiger partial charge < -0.3 is 18.8 Å². The van der Waals surface area contributed by atoms with E-state index in [0.29, 0.717) is 24.7 Å². The lowest BCUT2D eigenvalue weighted by Crippen LogP contribution is -2.39. The molecule has 0 bridgehead atoms. The maximum Gasteiger partial charge on any atom is 0.303 e. The second-order valence-electron chi connectivity index (χ2n) is 12.7. The Kier molecular flexibility index (Phi) is 8.40. The zero-order valence-corrected chi connectivity index (χ0v) is 28.0. The summed E-state index contributed by atoms with van der Waals surface area (Å²) < 4.78 is 38.0. The maximum atomic E-state index is 13.3. The summed E-state index contributed by atoms with van der Waals surface area (Å²) in [5.74, 6) is 1.02. The average Bonchev–Trinajstić information content (AvgIpc) is 3.51. The van der Waals surface area contributed by atoms with E-state index < -0.39 is 16.1 Å². The number of hydrogen-bond donors (Lipinski definition) is 1. The van der Waals surface area contributed by atoms with Gasteiger partial charge in [0.15, 0.2) is 0 Å². The molecule has 0 spiro atoms. The predicted octanol–water partition coefficient (Wildman–Crippen LogP) is 4.30. The van der Waals surface area contributed by atoms with Crippen LogP contribution in [0.15, 0.2) is 36.4 Å². The van der Waals surface area contributed by atoms with E-state index in [0.717, 1.165) is 63.5 Å². The Hall–Kier alpha value is -4.23. The SMILES string of the molecule is COc1ccc2c(c1)CC(n1c(C)nnc1C(=O)N(C)C)Cn1c-2c(C2CCCCC2)c2ccc(C(=O)NS(=O)(=O)N(C)C)cc21. The Bertz CT molecular complexity index is 1940. The summed E-state index contributed by atoms with van der Waals surface area (Å²) in [5, 5.41) is 9.65. The van der Waals surface area contributed by atoms with E-state index in [-0.39, 0.29) is 23.3 Å². The molecular weight excluding hydrogens is 606 g/mol. The van der Waals surface area contributed by atoms with E-state index >= 15 is 0 Å². The Labute approximate surface area is 269 Å². The molecule has 1 saturated carbocycles. The van der Waals surface area contributed by atoms with E-state index in [1.54, 1.807) is 33.3 Å². The van der Waals surface area contributed by atoms with Crippen LogP contribution >= 0.6 is 0 Å². The highest BCUT2D eigenvalue weighted by Crippen LogP contribution is 2.47. The van der Waals surface area contributed by atoms with Crippen LogP contribution in [-0.4, -0.2) is 84.1 Å². The number of carbonyl (C=O) groups excluding carboxylic acids is 2. The quantitative estimate of drug-likeness (QED) is 0.317. The minimum atomic E-state index is -3.98. The van der Waals surface area contributed by atoms with Crippen molar-refractivity contribution in [1.29, 1.82) is 0 Å². The highest BCUT2D eigenvalue weighted by atomic mass is 32.2. The van der Waals surface area contributed by atoms with E-state index in [1.165, 1.54) is 31.0 Å². The Balaban J connectivity index is 1.61. The number of amides is 2. The van der Waals surface area contributed by atoms with Crippen LogP contribution in [0.25, 0.3) is 22.2 Å². The molecule has 2 aromatic heterocycles. The predicted molar refractivity (Wildman–Crippen MR) is 175 cm³/mol. The molecule has 46 heavy (non-hydrogen) atoms. The van der Waals surface area contributed by atoms with Crippen molar-refractivity contribution in [1.82, 2.24) is 33.3 Å². The van der Waals surface area contributed by atoms with Gasteiger partial charge in [-0.1, -0.05) is 25.3 Å². The molecule has 244 valence electrons. The summed E-state index contributed by atoms with van der Waals surface area (Å²) in [6, 6.07) is 11.4. The van der Waals surface area contributed by atoms with Crippen LogP contribution < -0.4 is 9.46 Å². The van der Waals surface area contributed by atoms with Gasteiger partial charge in [-0.2, -0.15) is 12.7 Å². The average molecular weight is 648 g/mol. The fourth-order valence-electron chi connectivity index (χ4n) is 7.02. The van der Waals surface area contributed by atoms with Gasteiger partial charge in [-0.3, -0.25) is 9.59 Å². The highest BCUT2D eigenvalue weighted by molar-refractivity contribution is 7.87. The second kappa shape index (κ2) is 12.2. The lowest BCUT2D eigenvalue weighted by Gasteiger charge is -2.24. The van der Waals surface area contributed by atoms with E-state index in [1.807, 2.05) is 23.6 Å². The summed E-state index contributed by atoms with van der Waals surface area (Å²) in [6.07, 6.45) is 6.22. The van der Waals surface area contributed by atoms with Gasteiger partial charge in [0.05, 0.1) is 18.8 Å². The standard InChI is InChI=1S/C33H41N7O5S/c1-20-34-35-31(33(42)37(2)3)40(20)24-16-23-17-25(45-6)13-15-26(23)30-29(21-10-8-7-9-11-21)27-14-12-22(18-28(27)39(30)19-24)32(41)36-46(43,44)38(4)5/h12-15,17-18,21,24H,7-11,16,19H2,1-6H3,(H,36,41).